The van der Waals surface area contributed by atoms with E-state index in [-0.39, 0.29) is 12.2 Å². The van der Waals surface area contributed by atoms with E-state index in [0.29, 0.717) is 22.4 Å². The second-order valence-corrected chi connectivity index (χ2v) is 7.82. The number of halogens is 2. The lowest BCUT2D eigenvalue weighted by Crippen LogP contribution is -2.29. The molecule has 0 saturated heterocycles. The maximum absolute atomic E-state index is 10.8. The molecule has 0 unspecified atom stereocenters. The average Bonchev–Trinajstić information content (AvgIpc) is 2.67. The largest absolute Gasteiger partial charge is 0.365 e. The Labute approximate surface area is 165 Å². The lowest BCUT2D eigenvalue weighted by atomic mass is 9.83. The number of hydrogen-bond acceptors (Lipinski definition) is 2. The molecule has 0 heterocycles. The van der Waals surface area contributed by atoms with Crippen LogP contribution in [0.15, 0.2) is 48.5 Å². The van der Waals surface area contributed by atoms with Gasteiger partial charge in [-0.2, -0.15) is 0 Å². The molecule has 0 aliphatic heterocycles. The summed E-state index contributed by atoms with van der Waals surface area (Å²) < 4.78 is 6.65. The van der Waals surface area contributed by atoms with E-state index in [1.54, 1.807) is 0 Å². The van der Waals surface area contributed by atoms with E-state index in [0.717, 1.165) is 36.7 Å². The SMILES string of the molecule is O=CCC[C@@H]1CCCC[C@H]1OC(c1ccc(Cl)cc1)c1ccc(Cl)cc1. The first-order chi connectivity index (χ1) is 12.7. The lowest BCUT2D eigenvalue weighted by Gasteiger charge is -2.34. The molecule has 1 aliphatic rings. The first kappa shape index (κ1) is 19.4. The molecular weight excluding hydrogens is 367 g/mol. The van der Waals surface area contributed by atoms with E-state index in [1.807, 2.05) is 48.5 Å². The molecule has 0 aromatic heterocycles. The van der Waals surface area contributed by atoms with Gasteiger partial charge in [0.05, 0.1) is 6.10 Å². The Morgan fingerprint density at radius 1 is 0.923 bits per heavy atom. The number of carbonyl (C=O) groups is 1. The number of benzene rings is 2. The minimum absolute atomic E-state index is 0.161. The maximum atomic E-state index is 10.8. The zero-order valence-corrected chi connectivity index (χ0v) is 16.3. The molecule has 0 spiro atoms. The van der Waals surface area contributed by atoms with Crippen molar-refractivity contribution in [2.45, 2.75) is 50.7 Å². The van der Waals surface area contributed by atoms with Crippen molar-refractivity contribution in [3.8, 4) is 0 Å². The minimum Gasteiger partial charge on any atom is -0.365 e. The molecule has 0 bridgehead atoms. The molecule has 2 atom stereocenters. The molecule has 0 radical (unpaired) electrons. The summed E-state index contributed by atoms with van der Waals surface area (Å²) >= 11 is 12.1. The van der Waals surface area contributed by atoms with E-state index < -0.39 is 0 Å². The maximum Gasteiger partial charge on any atom is 0.120 e. The molecule has 26 heavy (non-hydrogen) atoms. The summed E-state index contributed by atoms with van der Waals surface area (Å²) in [6.45, 7) is 0. The van der Waals surface area contributed by atoms with Gasteiger partial charge in [-0.1, -0.05) is 60.3 Å². The predicted octanol–water partition coefficient (Wildman–Crippen LogP) is 6.64. The summed E-state index contributed by atoms with van der Waals surface area (Å²) in [5, 5.41) is 1.43. The molecule has 3 rings (SSSR count). The number of hydrogen-bond donors (Lipinski definition) is 0. The molecule has 4 heteroatoms. The molecule has 1 fully saturated rings. The van der Waals surface area contributed by atoms with Crippen LogP contribution in [0.1, 0.15) is 55.8 Å². The predicted molar refractivity (Wildman–Crippen MR) is 107 cm³/mol. The first-order valence-electron chi connectivity index (χ1n) is 9.27. The summed E-state index contributed by atoms with van der Waals surface area (Å²) in [5.41, 5.74) is 2.16. The molecule has 0 amide bonds. The summed E-state index contributed by atoms with van der Waals surface area (Å²) in [4.78, 5) is 10.8. The van der Waals surface area contributed by atoms with Gasteiger partial charge in [0, 0.05) is 16.5 Å². The van der Waals surface area contributed by atoms with Gasteiger partial charge in [0.25, 0.3) is 0 Å². The van der Waals surface area contributed by atoms with Crippen LogP contribution in [0.4, 0.5) is 0 Å². The van der Waals surface area contributed by atoms with Crippen molar-refractivity contribution >= 4 is 29.5 Å². The van der Waals surface area contributed by atoms with Crippen LogP contribution < -0.4 is 0 Å². The van der Waals surface area contributed by atoms with Crippen molar-refractivity contribution in [2.75, 3.05) is 0 Å². The van der Waals surface area contributed by atoms with Gasteiger partial charge >= 0.3 is 0 Å². The molecule has 2 aromatic carbocycles. The van der Waals surface area contributed by atoms with E-state index in [2.05, 4.69) is 0 Å². The monoisotopic (exact) mass is 390 g/mol. The first-order valence-corrected chi connectivity index (χ1v) is 10.0. The molecule has 2 nitrogen and oxygen atoms in total. The molecular formula is C22H24Cl2O2. The van der Waals surface area contributed by atoms with E-state index in [4.69, 9.17) is 27.9 Å². The Balaban J connectivity index is 1.85. The standard InChI is InChI=1S/C22H24Cl2O2/c23-19-11-7-17(8-12-19)22(18-9-13-20(24)14-10-18)26-21-6-2-1-4-16(21)5-3-15-25/h7-16,21-22H,1-6H2/t16-,21+/m0/s1. The third kappa shape index (κ3) is 5.09. The van der Waals surface area contributed by atoms with Crippen LogP contribution in [0.25, 0.3) is 0 Å². The number of rotatable bonds is 7. The fourth-order valence-electron chi connectivity index (χ4n) is 3.76. The molecule has 2 aromatic rings. The van der Waals surface area contributed by atoms with Crippen molar-refractivity contribution in [2.24, 2.45) is 5.92 Å². The van der Waals surface area contributed by atoms with Gasteiger partial charge < -0.3 is 9.53 Å². The second-order valence-electron chi connectivity index (χ2n) is 6.95. The van der Waals surface area contributed by atoms with Crippen molar-refractivity contribution < 1.29 is 9.53 Å². The highest BCUT2D eigenvalue weighted by Gasteiger charge is 2.29. The summed E-state index contributed by atoms with van der Waals surface area (Å²) in [7, 11) is 0. The van der Waals surface area contributed by atoms with E-state index >= 15 is 0 Å². The summed E-state index contributed by atoms with van der Waals surface area (Å²) in [6.07, 6.45) is 7.10. The Morgan fingerprint density at radius 3 is 2.00 bits per heavy atom. The van der Waals surface area contributed by atoms with E-state index in [1.165, 1.54) is 12.8 Å². The number of carbonyl (C=O) groups excluding carboxylic acids is 1. The topological polar surface area (TPSA) is 26.3 Å². The van der Waals surface area contributed by atoms with Gasteiger partial charge in [-0.3, -0.25) is 0 Å². The van der Waals surface area contributed by atoms with Gasteiger partial charge in [0.15, 0.2) is 0 Å². The Hall–Kier alpha value is -1.35. The Morgan fingerprint density at radius 2 is 1.46 bits per heavy atom. The van der Waals surface area contributed by atoms with Gasteiger partial charge in [-0.25, -0.2) is 0 Å². The smallest absolute Gasteiger partial charge is 0.120 e. The van der Waals surface area contributed by atoms with Crippen molar-refractivity contribution in [3.05, 3.63) is 69.7 Å². The Kier molecular flexibility index (Phi) is 7.13. The molecule has 1 aliphatic carbocycles. The van der Waals surface area contributed by atoms with E-state index in [9.17, 15) is 4.79 Å². The van der Waals surface area contributed by atoms with Crippen LogP contribution in [0.5, 0.6) is 0 Å². The highest BCUT2D eigenvalue weighted by Crippen LogP contribution is 2.36. The third-order valence-electron chi connectivity index (χ3n) is 5.15. The minimum atomic E-state index is -0.161. The van der Waals surface area contributed by atoms with Crippen LogP contribution in [-0.2, 0) is 9.53 Å². The van der Waals surface area contributed by atoms with Crippen molar-refractivity contribution in [1.29, 1.82) is 0 Å². The van der Waals surface area contributed by atoms with Crippen LogP contribution in [0.2, 0.25) is 10.0 Å². The Bertz CT molecular complexity index is 652. The highest BCUT2D eigenvalue weighted by atomic mass is 35.5. The second kappa shape index (κ2) is 9.55. The van der Waals surface area contributed by atoms with Gasteiger partial charge in [-0.15, -0.1) is 0 Å². The highest BCUT2D eigenvalue weighted by molar-refractivity contribution is 6.30. The van der Waals surface area contributed by atoms with Gasteiger partial charge in [0.2, 0.25) is 0 Å². The van der Waals surface area contributed by atoms with Crippen molar-refractivity contribution in [1.82, 2.24) is 0 Å². The lowest BCUT2D eigenvalue weighted by molar-refractivity contribution is -0.108. The molecule has 138 valence electrons. The fourth-order valence-corrected chi connectivity index (χ4v) is 4.02. The number of aldehydes is 1. The van der Waals surface area contributed by atoms with Crippen LogP contribution in [0, 0.1) is 5.92 Å². The quantitative estimate of drug-likeness (QED) is 0.495. The van der Waals surface area contributed by atoms with Gasteiger partial charge in [-0.05, 0) is 60.6 Å². The average molecular weight is 391 g/mol. The zero-order chi connectivity index (χ0) is 18.4. The van der Waals surface area contributed by atoms with Gasteiger partial charge in [0.1, 0.15) is 12.4 Å². The third-order valence-corrected chi connectivity index (χ3v) is 5.65. The van der Waals surface area contributed by atoms with Crippen molar-refractivity contribution in [3.63, 3.8) is 0 Å². The van der Waals surface area contributed by atoms with Crippen LogP contribution in [-0.4, -0.2) is 12.4 Å². The van der Waals surface area contributed by atoms with Crippen LogP contribution >= 0.6 is 23.2 Å². The normalized spacial score (nSPS) is 20.3. The summed E-state index contributed by atoms with van der Waals surface area (Å²) in [5.74, 6) is 0.441. The zero-order valence-electron chi connectivity index (χ0n) is 14.7. The van der Waals surface area contributed by atoms with Crippen LogP contribution in [0.3, 0.4) is 0 Å². The summed E-state index contributed by atoms with van der Waals surface area (Å²) in [6, 6.07) is 15.7. The number of ether oxygens (including phenoxy) is 1. The molecule has 0 N–H and O–H groups in total. The fraction of sp³-hybridized carbons (Fsp3) is 0.409. The molecule has 1 saturated carbocycles.